The van der Waals surface area contributed by atoms with E-state index in [2.05, 4.69) is 11.6 Å². The molecule has 1 aliphatic rings. The van der Waals surface area contributed by atoms with Gasteiger partial charge in [-0.2, -0.15) is 0 Å². The van der Waals surface area contributed by atoms with Gasteiger partial charge in [0.25, 0.3) is 0 Å². The molecule has 0 fully saturated rings. The first-order valence-electron chi connectivity index (χ1n) is 6.34. The SMILES string of the molecule is C=CCC1(Cn2ccnc2)Sc2cc(Cl)ccc2C1F. The maximum Gasteiger partial charge on any atom is 0.143 e. The van der Waals surface area contributed by atoms with E-state index < -0.39 is 10.9 Å². The van der Waals surface area contributed by atoms with Gasteiger partial charge in [-0.1, -0.05) is 23.7 Å². The second-order valence-corrected chi connectivity index (χ2v) is 6.83. The van der Waals surface area contributed by atoms with Crippen LogP contribution in [-0.2, 0) is 6.54 Å². The van der Waals surface area contributed by atoms with Gasteiger partial charge in [-0.25, -0.2) is 9.37 Å². The number of halogens is 2. The maximum atomic E-state index is 15.0. The van der Waals surface area contributed by atoms with E-state index in [1.807, 2.05) is 16.8 Å². The molecule has 0 amide bonds. The van der Waals surface area contributed by atoms with Crippen LogP contribution in [0, 0.1) is 0 Å². The first-order valence-corrected chi connectivity index (χ1v) is 7.53. The van der Waals surface area contributed by atoms with Crippen LogP contribution in [-0.4, -0.2) is 14.3 Å². The molecular weight excluding hydrogens is 295 g/mol. The predicted molar refractivity (Wildman–Crippen MR) is 80.9 cm³/mol. The van der Waals surface area contributed by atoms with Gasteiger partial charge in [-0.15, -0.1) is 18.3 Å². The van der Waals surface area contributed by atoms with Crippen molar-refractivity contribution in [2.45, 2.75) is 28.8 Å². The van der Waals surface area contributed by atoms with E-state index >= 15 is 4.39 Å². The molecule has 0 N–H and O–H groups in total. The molecule has 2 heterocycles. The summed E-state index contributed by atoms with van der Waals surface area (Å²) >= 11 is 7.56. The van der Waals surface area contributed by atoms with E-state index in [0.29, 0.717) is 18.0 Å². The van der Waals surface area contributed by atoms with Crippen LogP contribution in [0.3, 0.4) is 0 Å². The zero-order valence-corrected chi connectivity index (χ0v) is 12.4. The van der Waals surface area contributed by atoms with Crippen molar-refractivity contribution in [3.63, 3.8) is 0 Å². The third-order valence-electron chi connectivity index (χ3n) is 3.52. The lowest BCUT2D eigenvalue weighted by molar-refractivity contribution is 0.246. The van der Waals surface area contributed by atoms with Crippen LogP contribution in [0.1, 0.15) is 18.2 Å². The molecule has 0 spiro atoms. The minimum Gasteiger partial charge on any atom is -0.336 e. The molecule has 1 aromatic carbocycles. The fraction of sp³-hybridized carbons (Fsp3) is 0.267. The van der Waals surface area contributed by atoms with Crippen LogP contribution < -0.4 is 0 Å². The molecule has 2 aromatic rings. The highest BCUT2D eigenvalue weighted by molar-refractivity contribution is 8.01. The number of alkyl halides is 1. The maximum absolute atomic E-state index is 15.0. The molecule has 0 radical (unpaired) electrons. The summed E-state index contributed by atoms with van der Waals surface area (Å²) in [7, 11) is 0. The number of aromatic nitrogens is 2. The topological polar surface area (TPSA) is 17.8 Å². The van der Waals surface area contributed by atoms with Gasteiger partial charge >= 0.3 is 0 Å². The Morgan fingerprint density at radius 3 is 3.10 bits per heavy atom. The third kappa shape index (κ3) is 2.27. The third-order valence-corrected chi connectivity index (χ3v) is 5.24. The summed E-state index contributed by atoms with van der Waals surface area (Å²) in [6, 6.07) is 5.37. The van der Waals surface area contributed by atoms with Crippen molar-refractivity contribution in [2.24, 2.45) is 0 Å². The summed E-state index contributed by atoms with van der Waals surface area (Å²) in [5, 5.41) is 0.639. The highest BCUT2D eigenvalue weighted by Gasteiger charge is 2.47. The Labute approximate surface area is 126 Å². The van der Waals surface area contributed by atoms with Crippen molar-refractivity contribution in [3.05, 3.63) is 60.2 Å². The average Bonchev–Trinajstić information content (AvgIpc) is 2.99. The molecule has 0 bridgehead atoms. The van der Waals surface area contributed by atoms with Crippen molar-refractivity contribution in [1.29, 1.82) is 0 Å². The fourth-order valence-corrected chi connectivity index (χ4v) is 4.41. The quantitative estimate of drug-likeness (QED) is 0.764. The van der Waals surface area contributed by atoms with Crippen LogP contribution in [0.5, 0.6) is 0 Å². The first-order chi connectivity index (χ1) is 9.64. The van der Waals surface area contributed by atoms with Gasteiger partial charge in [-0.3, -0.25) is 0 Å². The molecule has 5 heteroatoms. The van der Waals surface area contributed by atoms with Crippen LogP contribution in [0.25, 0.3) is 0 Å². The van der Waals surface area contributed by atoms with E-state index in [-0.39, 0.29) is 0 Å². The predicted octanol–water partition coefficient (Wildman–Crippen LogP) is 4.67. The molecule has 20 heavy (non-hydrogen) atoms. The molecule has 2 nitrogen and oxygen atoms in total. The smallest absolute Gasteiger partial charge is 0.143 e. The molecule has 1 aromatic heterocycles. The molecule has 1 aliphatic heterocycles. The fourth-order valence-electron chi connectivity index (χ4n) is 2.62. The van der Waals surface area contributed by atoms with Gasteiger partial charge in [-0.05, 0) is 18.6 Å². The normalized spacial score (nSPS) is 24.6. The van der Waals surface area contributed by atoms with Crippen LogP contribution in [0.15, 0.2) is 54.5 Å². The second-order valence-electron chi connectivity index (χ2n) is 4.94. The number of nitrogens with zero attached hydrogens (tertiary/aromatic N) is 2. The Morgan fingerprint density at radius 2 is 2.40 bits per heavy atom. The lowest BCUT2D eigenvalue weighted by atomic mass is 9.93. The first kappa shape index (κ1) is 13.7. The second kappa shape index (κ2) is 5.26. The van der Waals surface area contributed by atoms with Gasteiger partial charge in [0.15, 0.2) is 0 Å². The lowest BCUT2D eigenvalue weighted by Crippen LogP contribution is -2.31. The van der Waals surface area contributed by atoms with E-state index in [1.165, 1.54) is 0 Å². The number of benzene rings is 1. The highest BCUT2D eigenvalue weighted by Crippen LogP contribution is 2.57. The molecule has 3 rings (SSSR count). The number of thioether (sulfide) groups is 1. The highest BCUT2D eigenvalue weighted by atomic mass is 35.5. The summed E-state index contributed by atoms with van der Waals surface area (Å²) < 4.78 is 16.3. The van der Waals surface area contributed by atoms with Crippen LogP contribution in [0.4, 0.5) is 4.39 Å². The van der Waals surface area contributed by atoms with Crippen molar-refractivity contribution in [3.8, 4) is 0 Å². The summed E-state index contributed by atoms with van der Waals surface area (Å²) in [5.41, 5.74) is 0.723. The largest absolute Gasteiger partial charge is 0.336 e. The molecular formula is C15H14ClFN2S. The van der Waals surface area contributed by atoms with Crippen molar-refractivity contribution in [1.82, 2.24) is 9.55 Å². The molecule has 0 aliphatic carbocycles. The number of hydrogen-bond donors (Lipinski definition) is 0. The van der Waals surface area contributed by atoms with E-state index in [1.54, 1.807) is 42.5 Å². The minimum absolute atomic E-state index is 0.553. The molecule has 2 atom stereocenters. The monoisotopic (exact) mass is 308 g/mol. The minimum atomic E-state index is -1.04. The molecule has 0 saturated carbocycles. The molecule has 2 unspecified atom stereocenters. The number of imidazole rings is 1. The van der Waals surface area contributed by atoms with Gasteiger partial charge in [0.2, 0.25) is 0 Å². The average molecular weight is 309 g/mol. The zero-order valence-electron chi connectivity index (χ0n) is 10.8. The van der Waals surface area contributed by atoms with Crippen molar-refractivity contribution in [2.75, 3.05) is 0 Å². The van der Waals surface area contributed by atoms with Gasteiger partial charge in [0.05, 0.1) is 11.1 Å². The summed E-state index contributed by atoms with van der Waals surface area (Å²) in [6.07, 6.45) is 6.61. The van der Waals surface area contributed by atoms with Gasteiger partial charge < -0.3 is 4.57 Å². The van der Waals surface area contributed by atoms with E-state index in [4.69, 9.17) is 11.6 Å². The molecule has 104 valence electrons. The van der Waals surface area contributed by atoms with E-state index in [9.17, 15) is 0 Å². The number of hydrogen-bond acceptors (Lipinski definition) is 2. The summed E-state index contributed by atoms with van der Waals surface area (Å²) in [6.45, 7) is 4.34. The Hall–Kier alpha value is -1.26. The summed E-state index contributed by atoms with van der Waals surface area (Å²) in [5.74, 6) is 0. The number of allylic oxidation sites excluding steroid dienone is 1. The standard InChI is InChI=1S/C15H14ClFN2S/c1-2-5-15(9-19-7-6-18-10-19)14(17)12-4-3-11(16)8-13(12)20-15/h2-4,6-8,10,14H,1,5,9H2. The van der Waals surface area contributed by atoms with Crippen molar-refractivity contribution >= 4 is 23.4 Å². The number of rotatable bonds is 4. The number of fused-ring (bicyclic) bond motifs is 1. The van der Waals surface area contributed by atoms with Gasteiger partial charge in [0.1, 0.15) is 6.17 Å². The Kier molecular flexibility index (Phi) is 3.61. The van der Waals surface area contributed by atoms with Gasteiger partial charge in [0, 0.05) is 34.4 Å². The van der Waals surface area contributed by atoms with Crippen LogP contribution in [0.2, 0.25) is 5.02 Å². The van der Waals surface area contributed by atoms with Crippen LogP contribution >= 0.6 is 23.4 Å². The Bertz CT molecular complexity index is 629. The lowest BCUT2D eigenvalue weighted by Gasteiger charge is -2.29. The van der Waals surface area contributed by atoms with E-state index in [0.717, 1.165) is 10.5 Å². The zero-order chi connectivity index (χ0) is 14.2. The Morgan fingerprint density at radius 1 is 1.55 bits per heavy atom. The summed E-state index contributed by atoms with van der Waals surface area (Å²) in [4.78, 5) is 4.95. The Balaban J connectivity index is 1.98. The molecule has 0 saturated heterocycles. The van der Waals surface area contributed by atoms with Crippen molar-refractivity contribution < 1.29 is 4.39 Å².